The lowest BCUT2D eigenvalue weighted by Gasteiger charge is -2.16. The number of para-hydroxylation sites is 1. The molecule has 0 bridgehead atoms. The highest BCUT2D eigenvalue weighted by atomic mass is 16.1. The van der Waals surface area contributed by atoms with Crippen molar-refractivity contribution >= 4 is 11.6 Å². The van der Waals surface area contributed by atoms with Crippen molar-refractivity contribution in [3.63, 3.8) is 0 Å². The second kappa shape index (κ2) is 6.71. The first kappa shape index (κ1) is 14.1. The Morgan fingerprint density at radius 2 is 2.16 bits per heavy atom. The lowest BCUT2D eigenvalue weighted by Crippen LogP contribution is -2.28. The van der Waals surface area contributed by atoms with E-state index in [4.69, 9.17) is 5.73 Å². The average molecular weight is 260 g/mol. The molecule has 1 aliphatic carbocycles. The van der Waals surface area contributed by atoms with Crippen molar-refractivity contribution in [2.24, 2.45) is 11.7 Å². The number of hydrogen-bond donors (Lipinski definition) is 2. The fraction of sp³-hybridized carbons (Fsp3) is 0.562. The monoisotopic (exact) mass is 260 g/mol. The maximum Gasteiger partial charge on any atom is 0.224 e. The Labute approximate surface area is 115 Å². The van der Waals surface area contributed by atoms with Crippen LogP contribution in [0.25, 0.3) is 0 Å². The summed E-state index contributed by atoms with van der Waals surface area (Å²) < 4.78 is 0. The van der Waals surface area contributed by atoms with Gasteiger partial charge in [0.2, 0.25) is 5.91 Å². The van der Waals surface area contributed by atoms with E-state index in [1.54, 1.807) is 0 Å². The number of aryl methyl sites for hydroxylation is 1. The SMILES string of the molecule is CCCc1ccccc1NC(=O)C[C@@H]1CCC[C@H]1N. The zero-order chi connectivity index (χ0) is 13.7. The molecule has 0 spiro atoms. The van der Waals surface area contributed by atoms with E-state index >= 15 is 0 Å². The second-order valence-electron chi connectivity index (χ2n) is 5.51. The van der Waals surface area contributed by atoms with Crippen LogP contribution in [-0.2, 0) is 11.2 Å². The highest BCUT2D eigenvalue weighted by molar-refractivity contribution is 5.91. The molecule has 2 atom stereocenters. The van der Waals surface area contributed by atoms with E-state index in [0.717, 1.165) is 37.8 Å². The number of nitrogens with two attached hydrogens (primary N) is 1. The molecule has 1 aromatic carbocycles. The summed E-state index contributed by atoms with van der Waals surface area (Å²) in [7, 11) is 0. The molecule has 1 aromatic rings. The number of amides is 1. The molecule has 0 heterocycles. The van der Waals surface area contributed by atoms with Crippen molar-refractivity contribution in [1.82, 2.24) is 0 Å². The molecule has 1 amide bonds. The van der Waals surface area contributed by atoms with E-state index in [2.05, 4.69) is 18.3 Å². The van der Waals surface area contributed by atoms with Gasteiger partial charge < -0.3 is 11.1 Å². The van der Waals surface area contributed by atoms with Gasteiger partial charge in [0.15, 0.2) is 0 Å². The van der Waals surface area contributed by atoms with Gasteiger partial charge in [-0.1, -0.05) is 38.0 Å². The predicted octanol–water partition coefficient (Wildman–Crippen LogP) is 3.10. The van der Waals surface area contributed by atoms with Crippen molar-refractivity contribution in [2.75, 3.05) is 5.32 Å². The fourth-order valence-corrected chi connectivity index (χ4v) is 2.89. The van der Waals surface area contributed by atoms with E-state index in [9.17, 15) is 4.79 Å². The Morgan fingerprint density at radius 3 is 2.84 bits per heavy atom. The molecular weight excluding hydrogens is 236 g/mol. The van der Waals surface area contributed by atoms with Crippen LogP contribution in [0.1, 0.15) is 44.6 Å². The standard InChI is InChI=1S/C16H24N2O/c1-2-6-12-7-3-4-10-15(12)18-16(19)11-13-8-5-9-14(13)17/h3-4,7,10,13-14H,2,5-6,8-9,11,17H2,1H3,(H,18,19)/t13-,14+/m0/s1. The van der Waals surface area contributed by atoms with Crippen molar-refractivity contribution in [2.45, 2.75) is 51.5 Å². The molecule has 2 rings (SSSR count). The summed E-state index contributed by atoms with van der Waals surface area (Å²) in [5.74, 6) is 0.462. The zero-order valence-electron chi connectivity index (χ0n) is 11.7. The van der Waals surface area contributed by atoms with Crippen molar-refractivity contribution in [3.8, 4) is 0 Å². The normalized spacial score (nSPS) is 22.4. The van der Waals surface area contributed by atoms with Crippen LogP contribution >= 0.6 is 0 Å². The Bertz CT molecular complexity index is 431. The van der Waals surface area contributed by atoms with Crippen molar-refractivity contribution < 1.29 is 4.79 Å². The summed E-state index contributed by atoms with van der Waals surface area (Å²) in [6.45, 7) is 2.15. The molecule has 1 saturated carbocycles. The number of anilines is 1. The smallest absolute Gasteiger partial charge is 0.224 e. The molecule has 3 nitrogen and oxygen atoms in total. The molecule has 1 fully saturated rings. The number of rotatable bonds is 5. The second-order valence-corrected chi connectivity index (χ2v) is 5.51. The number of benzene rings is 1. The lowest BCUT2D eigenvalue weighted by molar-refractivity contribution is -0.117. The van der Waals surface area contributed by atoms with Crippen LogP contribution in [0.5, 0.6) is 0 Å². The summed E-state index contributed by atoms with van der Waals surface area (Å²) in [6.07, 6.45) is 5.95. The fourth-order valence-electron chi connectivity index (χ4n) is 2.89. The topological polar surface area (TPSA) is 55.1 Å². The van der Waals surface area contributed by atoms with Gasteiger partial charge in [-0.2, -0.15) is 0 Å². The number of nitrogens with one attached hydrogen (secondary N) is 1. The number of hydrogen-bond acceptors (Lipinski definition) is 2. The number of carbonyl (C=O) groups is 1. The summed E-state index contributed by atoms with van der Waals surface area (Å²) in [5, 5.41) is 3.05. The quantitative estimate of drug-likeness (QED) is 0.854. The third-order valence-electron chi connectivity index (χ3n) is 3.98. The molecule has 0 aromatic heterocycles. The molecule has 0 saturated heterocycles. The van der Waals surface area contributed by atoms with Crippen molar-refractivity contribution in [3.05, 3.63) is 29.8 Å². The minimum atomic E-state index is 0.103. The first-order valence-corrected chi connectivity index (χ1v) is 7.34. The molecule has 0 unspecified atom stereocenters. The molecule has 3 N–H and O–H groups in total. The zero-order valence-corrected chi connectivity index (χ0v) is 11.7. The third kappa shape index (κ3) is 3.80. The van der Waals surface area contributed by atoms with Gasteiger partial charge in [-0.05, 0) is 36.8 Å². The van der Waals surface area contributed by atoms with E-state index in [0.29, 0.717) is 12.3 Å². The van der Waals surface area contributed by atoms with E-state index in [1.807, 2.05) is 18.2 Å². The number of carbonyl (C=O) groups excluding carboxylic acids is 1. The van der Waals surface area contributed by atoms with Crippen LogP contribution in [0.3, 0.4) is 0 Å². The largest absolute Gasteiger partial charge is 0.327 e. The first-order valence-electron chi connectivity index (χ1n) is 7.34. The van der Waals surface area contributed by atoms with E-state index in [-0.39, 0.29) is 11.9 Å². The Kier molecular flexibility index (Phi) is 4.97. The molecular formula is C16H24N2O. The van der Waals surface area contributed by atoms with Crippen LogP contribution < -0.4 is 11.1 Å². The van der Waals surface area contributed by atoms with Crippen LogP contribution in [0, 0.1) is 5.92 Å². The maximum absolute atomic E-state index is 12.1. The molecule has 1 aliphatic rings. The van der Waals surface area contributed by atoms with Gasteiger partial charge >= 0.3 is 0 Å². The van der Waals surface area contributed by atoms with Gasteiger partial charge in [-0.25, -0.2) is 0 Å². The van der Waals surface area contributed by atoms with Gasteiger partial charge in [-0.3, -0.25) is 4.79 Å². The minimum Gasteiger partial charge on any atom is -0.327 e. The van der Waals surface area contributed by atoms with Gasteiger partial charge in [0, 0.05) is 18.2 Å². The predicted molar refractivity (Wildman–Crippen MR) is 79.0 cm³/mol. The highest BCUT2D eigenvalue weighted by Gasteiger charge is 2.26. The van der Waals surface area contributed by atoms with Crippen LogP contribution in [-0.4, -0.2) is 11.9 Å². The Hall–Kier alpha value is -1.35. The van der Waals surface area contributed by atoms with E-state index in [1.165, 1.54) is 5.56 Å². The molecule has 3 heteroatoms. The summed E-state index contributed by atoms with van der Waals surface area (Å²) in [6, 6.07) is 8.26. The molecule has 19 heavy (non-hydrogen) atoms. The van der Waals surface area contributed by atoms with Crippen LogP contribution in [0.4, 0.5) is 5.69 Å². The highest BCUT2D eigenvalue weighted by Crippen LogP contribution is 2.27. The van der Waals surface area contributed by atoms with Crippen LogP contribution in [0.15, 0.2) is 24.3 Å². The maximum atomic E-state index is 12.1. The van der Waals surface area contributed by atoms with Crippen molar-refractivity contribution in [1.29, 1.82) is 0 Å². The summed E-state index contributed by atoms with van der Waals surface area (Å²) >= 11 is 0. The third-order valence-corrected chi connectivity index (χ3v) is 3.98. The first-order chi connectivity index (χ1) is 9.20. The van der Waals surface area contributed by atoms with Gasteiger partial charge in [0.25, 0.3) is 0 Å². The summed E-state index contributed by atoms with van der Waals surface area (Å²) in [5.41, 5.74) is 8.19. The van der Waals surface area contributed by atoms with Gasteiger partial charge in [0.1, 0.15) is 0 Å². The minimum absolute atomic E-state index is 0.103. The summed E-state index contributed by atoms with van der Waals surface area (Å²) in [4.78, 5) is 12.1. The lowest BCUT2D eigenvalue weighted by atomic mass is 9.99. The van der Waals surface area contributed by atoms with Gasteiger partial charge in [0.05, 0.1) is 0 Å². The van der Waals surface area contributed by atoms with Crippen LogP contribution in [0.2, 0.25) is 0 Å². The molecule has 0 aliphatic heterocycles. The molecule has 0 radical (unpaired) electrons. The Morgan fingerprint density at radius 1 is 1.37 bits per heavy atom. The molecule has 104 valence electrons. The average Bonchev–Trinajstić information content (AvgIpc) is 2.78. The Balaban J connectivity index is 1.94. The van der Waals surface area contributed by atoms with E-state index < -0.39 is 0 Å². The van der Waals surface area contributed by atoms with Gasteiger partial charge in [-0.15, -0.1) is 0 Å².